The molecule has 0 N–H and O–H groups in total. The van der Waals surface area contributed by atoms with Gasteiger partial charge in [0.25, 0.3) is 0 Å². The van der Waals surface area contributed by atoms with Gasteiger partial charge in [-0.1, -0.05) is 12.1 Å². The zero-order chi connectivity index (χ0) is 10.7. The Kier molecular flexibility index (Phi) is 2.28. The van der Waals surface area contributed by atoms with Crippen molar-refractivity contribution in [3.8, 4) is 6.07 Å². The number of nitrogens with zero attached hydrogens (tertiary/aromatic N) is 2. The highest BCUT2D eigenvalue weighted by molar-refractivity contribution is 5.86. The van der Waals surface area contributed by atoms with Crippen molar-refractivity contribution >= 4 is 22.5 Å². The minimum absolute atomic E-state index is 0.571. The minimum atomic E-state index is 0.571. The average molecular weight is 194 g/mol. The summed E-state index contributed by atoms with van der Waals surface area (Å²) in [5.41, 5.74) is 1.19. The summed E-state index contributed by atoms with van der Waals surface area (Å²) in [6.45, 7) is 0. The maximum absolute atomic E-state index is 10.1. The summed E-state index contributed by atoms with van der Waals surface area (Å²) in [6, 6.07) is 12.8. The molecule has 0 heterocycles. The lowest BCUT2D eigenvalue weighted by atomic mass is 10.1. The van der Waals surface area contributed by atoms with Crippen LogP contribution in [0.5, 0.6) is 0 Å². The van der Waals surface area contributed by atoms with Crippen LogP contribution in [-0.4, -0.2) is 6.08 Å². The smallest absolute Gasteiger partial charge is 0.211 e. The number of carbonyl (C=O) groups excluding carboxylic acids is 1. The summed E-state index contributed by atoms with van der Waals surface area (Å²) < 4.78 is 0. The van der Waals surface area contributed by atoms with Gasteiger partial charge in [-0.25, -0.2) is 4.79 Å². The summed E-state index contributed by atoms with van der Waals surface area (Å²) in [6.07, 6.45) is 1.49. The van der Waals surface area contributed by atoms with Gasteiger partial charge < -0.3 is 0 Å². The lowest BCUT2D eigenvalue weighted by Gasteiger charge is -1.98. The van der Waals surface area contributed by atoms with E-state index in [4.69, 9.17) is 5.26 Å². The van der Waals surface area contributed by atoms with Crippen LogP contribution in [0.2, 0.25) is 0 Å². The third-order valence-corrected chi connectivity index (χ3v) is 2.13. The molecule has 0 fully saturated rings. The molecule has 0 aliphatic heterocycles. The standard InChI is InChI=1S/C12H6N2O/c13-7-9-1-2-11-6-12(14-8-15)4-3-10(11)5-9/h1-6H. The van der Waals surface area contributed by atoms with Crippen molar-refractivity contribution in [3.63, 3.8) is 0 Å². The summed E-state index contributed by atoms with van der Waals surface area (Å²) in [7, 11) is 0. The SMILES string of the molecule is N#Cc1ccc2cc(N=C=O)ccc2c1. The third kappa shape index (κ3) is 1.76. The monoisotopic (exact) mass is 194 g/mol. The van der Waals surface area contributed by atoms with E-state index in [1.54, 1.807) is 24.3 Å². The maximum Gasteiger partial charge on any atom is 0.240 e. The van der Waals surface area contributed by atoms with Crippen molar-refractivity contribution in [2.24, 2.45) is 4.99 Å². The van der Waals surface area contributed by atoms with Crippen LogP contribution >= 0.6 is 0 Å². The number of benzene rings is 2. The predicted molar refractivity (Wildman–Crippen MR) is 56.4 cm³/mol. The van der Waals surface area contributed by atoms with Crippen molar-refractivity contribution in [2.75, 3.05) is 0 Å². The highest BCUT2D eigenvalue weighted by Gasteiger charge is 1.97. The van der Waals surface area contributed by atoms with Crippen LogP contribution in [0.4, 0.5) is 5.69 Å². The van der Waals surface area contributed by atoms with E-state index in [1.165, 1.54) is 6.08 Å². The molecule has 0 spiro atoms. The first kappa shape index (κ1) is 9.14. The summed E-state index contributed by atoms with van der Waals surface area (Å²) >= 11 is 0. The van der Waals surface area contributed by atoms with E-state index < -0.39 is 0 Å². The number of hydrogen-bond acceptors (Lipinski definition) is 3. The van der Waals surface area contributed by atoms with Crippen molar-refractivity contribution in [2.45, 2.75) is 0 Å². The molecule has 3 nitrogen and oxygen atoms in total. The molecule has 0 aliphatic rings. The van der Waals surface area contributed by atoms with Crippen LogP contribution in [0.1, 0.15) is 5.56 Å². The first-order chi connectivity index (χ1) is 7.33. The van der Waals surface area contributed by atoms with Crippen LogP contribution in [0.25, 0.3) is 10.8 Å². The van der Waals surface area contributed by atoms with E-state index >= 15 is 0 Å². The molecular formula is C12H6N2O. The lowest BCUT2D eigenvalue weighted by Crippen LogP contribution is -1.76. The molecule has 2 rings (SSSR count). The molecule has 0 amide bonds. The van der Waals surface area contributed by atoms with Gasteiger partial charge in [0.2, 0.25) is 6.08 Å². The average Bonchev–Trinajstić information content (AvgIpc) is 2.29. The van der Waals surface area contributed by atoms with Crippen LogP contribution < -0.4 is 0 Å². The number of fused-ring (bicyclic) bond motifs is 1. The zero-order valence-corrected chi connectivity index (χ0v) is 7.77. The fraction of sp³-hybridized carbons (Fsp3) is 0. The molecule has 2 aromatic rings. The fourth-order valence-corrected chi connectivity index (χ4v) is 1.42. The molecule has 0 aliphatic carbocycles. The van der Waals surface area contributed by atoms with Crippen molar-refractivity contribution in [1.29, 1.82) is 5.26 Å². The summed E-state index contributed by atoms with van der Waals surface area (Å²) in [4.78, 5) is 13.6. The van der Waals surface area contributed by atoms with Gasteiger partial charge in [-0.15, -0.1) is 0 Å². The van der Waals surface area contributed by atoms with Gasteiger partial charge in [0, 0.05) is 0 Å². The Balaban J connectivity index is 2.65. The van der Waals surface area contributed by atoms with Gasteiger partial charge in [0.1, 0.15) is 0 Å². The molecule has 2 aromatic carbocycles. The van der Waals surface area contributed by atoms with Gasteiger partial charge >= 0.3 is 0 Å². The molecule has 0 bridgehead atoms. The van der Waals surface area contributed by atoms with E-state index in [1.807, 2.05) is 12.1 Å². The number of hydrogen-bond donors (Lipinski definition) is 0. The van der Waals surface area contributed by atoms with Crippen molar-refractivity contribution < 1.29 is 4.79 Å². The number of isocyanates is 1. The van der Waals surface area contributed by atoms with Crippen LogP contribution in [-0.2, 0) is 4.79 Å². The Labute approximate surface area is 86.3 Å². The normalized spacial score (nSPS) is 9.27. The van der Waals surface area contributed by atoms with Gasteiger partial charge in [-0.05, 0) is 35.0 Å². The molecule has 70 valence electrons. The van der Waals surface area contributed by atoms with Crippen LogP contribution in [0.3, 0.4) is 0 Å². The largest absolute Gasteiger partial charge is 0.240 e. The second-order valence-corrected chi connectivity index (χ2v) is 3.06. The molecule has 0 radical (unpaired) electrons. The molecule has 0 aromatic heterocycles. The third-order valence-electron chi connectivity index (χ3n) is 2.13. The van der Waals surface area contributed by atoms with Gasteiger partial charge in [0.15, 0.2) is 0 Å². The molecule has 0 atom stereocenters. The first-order valence-electron chi connectivity index (χ1n) is 4.35. The maximum atomic E-state index is 10.1. The van der Waals surface area contributed by atoms with Crippen molar-refractivity contribution in [3.05, 3.63) is 42.0 Å². The Morgan fingerprint density at radius 2 is 1.80 bits per heavy atom. The van der Waals surface area contributed by atoms with Gasteiger partial charge in [-0.3, -0.25) is 0 Å². The van der Waals surface area contributed by atoms with E-state index in [0.29, 0.717) is 11.3 Å². The van der Waals surface area contributed by atoms with E-state index in [9.17, 15) is 4.79 Å². The molecule has 15 heavy (non-hydrogen) atoms. The molecular weight excluding hydrogens is 188 g/mol. The van der Waals surface area contributed by atoms with E-state index in [2.05, 4.69) is 11.1 Å². The summed E-state index contributed by atoms with van der Waals surface area (Å²) in [5.74, 6) is 0. The molecule has 0 saturated carbocycles. The highest BCUT2D eigenvalue weighted by atomic mass is 16.1. The molecule has 3 heteroatoms. The Hall–Kier alpha value is -2.43. The minimum Gasteiger partial charge on any atom is -0.211 e. The number of aliphatic imine (C=N–C) groups is 1. The highest BCUT2D eigenvalue weighted by Crippen LogP contribution is 2.21. The number of nitriles is 1. The lowest BCUT2D eigenvalue weighted by molar-refractivity contribution is 0.565. The van der Waals surface area contributed by atoms with Gasteiger partial charge in [-0.2, -0.15) is 10.3 Å². The zero-order valence-electron chi connectivity index (χ0n) is 7.77. The van der Waals surface area contributed by atoms with Crippen molar-refractivity contribution in [1.82, 2.24) is 0 Å². The Bertz CT molecular complexity index is 605. The fourth-order valence-electron chi connectivity index (χ4n) is 1.42. The predicted octanol–water partition coefficient (Wildman–Crippen LogP) is 2.68. The van der Waals surface area contributed by atoms with E-state index in [0.717, 1.165) is 10.8 Å². The topological polar surface area (TPSA) is 53.2 Å². The second kappa shape index (κ2) is 3.75. The van der Waals surface area contributed by atoms with Crippen LogP contribution in [0.15, 0.2) is 41.4 Å². The Morgan fingerprint density at radius 1 is 1.07 bits per heavy atom. The molecule has 0 saturated heterocycles. The van der Waals surface area contributed by atoms with Crippen LogP contribution in [0, 0.1) is 11.3 Å². The quantitative estimate of drug-likeness (QED) is 0.517. The summed E-state index contributed by atoms with van der Waals surface area (Å²) in [5, 5.41) is 10.6. The second-order valence-electron chi connectivity index (χ2n) is 3.06. The first-order valence-corrected chi connectivity index (χ1v) is 4.35. The Morgan fingerprint density at radius 3 is 2.53 bits per heavy atom. The van der Waals surface area contributed by atoms with Gasteiger partial charge in [0.05, 0.1) is 17.3 Å². The molecule has 0 unspecified atom stereocenters. The number of rotatable bonds is 1. The van der Waals surface area contributed by atoms with E-state index in [-0.39, 0.29) is 0 Å².